The number of likely N-dealkylation sites (tertiary alicyclic amines) is 1. The molecule has 1 aromatic rings. The van der Waals surface area contributed by atoms with Gasteiger partial charge in [-0.1, -0.05) is 30.3 Å². The zero-order valence-electron chi connectivity index (χ0n) is 14.9. The molecular formula is C19H28N2O3. The molecule has 0 spiro atoms. The lowest BCUT2D eigenvalue weighted by Gasteiger charge is -2.46. The second-order valence-corrected chi connectivity index (χ2v) is 7.65. The molecule has 132 valence electrons. The number of carbonyl (C=O) groups is 1. The molecule has 2 fully saturated rings. The predicted molar refractivity (Wildman–Crippen MR) is 92.8 cm³/mol. The number of ether oxygens (including phenoxy) is 2. The first-order valence-corrected chi connectivity index (χ1v) is 8.80. The second kappa shape index (κ2) is 7.11. The van der Waals surface area contributed by atoms with Crippen LogP contribution in [0.15, 0.2) is 30.3 Å². The summed E-state index contributed by atoms with van der Waals surface area (Å²) in [4.78, 5) is 16.6. The van der Waals surface area contributed by atoms with Crippen molar-refractivity contribution in [3.63, 3.8) is 0 Å². The Labute approximate surface area is 144 Å². The molecule has 2 saturated heterocycles. The van der Waals surface area contributed by atoms with E-state index in [4.69, 9.17) is 9.47 Å². The third-order valence-electron chi connectivity index (χ3n) is 4.58. The van der Waals surface area contributed by atoms with Crippen LogP contribution in [0.3, 0.4) is 0 Å². The SMILES string of the molecule is CC(C)(C)OC(=O)N1CC[C@@H]2[C@@H](C1)OCCN2Cc1ccccc1. The molecule has 0 saturated carbocycles. The summed E-state index contributed by atoms with van der Waals surface area (Å²) in [5.74, 6) is 0. The van der Waals surface area contributed by atoms with E-state index in [1.807, 2.05) is 26.8 Å². The van der Waals surface area contributed by atoms with E-state index in [1.165, 1.54) is 5.56 Å². The van der Waals surface area contributed by atoms with E-state index in [2.05, 4.69) is 29.2 Å². The van der Waals surface area contributed by atoms with Crippen molar-refractivity contribution < 1.29 is 14.3 Å². The molecule has 0 N–H and O–H groups in total. The first-order chi connectivity index (χ1) is 11.4. The fourth-order valence-corrected chi connectivity index (χ4v) is 3.48. The van der Waals surface area contributed by atoms with E-state index in [0.717, 1.165) is 32.7 Å². The minimum Gasteiger partial charge on any atom is -0.444 e. The molecular weight excluding hydrogens is 304 g/mol. The molecule has 0 aliphatic carbocycles. The number of fused-ring (bicyclic) bond motifs is 1. The summed E-state index contributed by atoms with van der Waals surface area (Å²) in [6.45, 7) is 9.65. The van der Waals surface area contributed by atoms with Crippen molar-refractivity contribution in [1.82, 2.24) is 9.80 Å². The van der Waals surface area contributed by atoms with Crippen molar-refractivity contribution in [3.8, 4) is 0 Å². The summed E-state index contributed by atoms with van der Waals surface area (Å²) < 4.78 is 11.5. The smallest absolute Gasteiger partial charge is 0.410 e. The summed E-state index contributed by atoms with van der Waals surface area (Å²) in [5, 5.41) is 0. The van der Waals surface area contributed by atoms with Gasteiger partial charge < -0.3 is 14.4 Å². The maximum Gasteiger partial charge on any atom is 0.410 e. The number of hydrogen-bond donors (Lipinski definition) is 0. The van der Waals surface area contributed by atoms with Crippen LogP contribution in [-0.4, -0.2) is 59.9 Å². The summed E-state index contributed by atoms with van der Waals surface area (Å²) in [7, 11) is 0. The topological polar surface area (TPSA) is 42.0 Å². The average molecular weight is 332 g/mol. The highest BCUT2D eigenvalue weighted by Crippen LogP contribution is 2.26. The standard InChI is InChI=1S/C19H28N2O3/c1-19(2,3)24-18(22)21-10-9-16-17(14-21)23-12-11-20(16)13-15-7-5-4-6-8-15/h4-8,16-17H,9-14H2,1-3H3/t16-,17-/m1/s1. The van der Waals surface area contributed by atoms with Gasteiger partial charge in [0, 0.05) is 25.7 Å². The molecule has 2 aliphatic heterocycles. The molecule has 3 rings (SSSR count). The van der Waals surface area contributed by atoms with E-state index in [-0.39, 0.29) is 12.2 Å². The maximum absolute atomic E-state index is 12.3. The number of morpholine rings is 1. The normalized spacial score (nSPS) is 25.2. The van der Waals surface area contributed by atoms with Gasteiger partial charge in [0.25, 0.3) is 0 Å². The molecule has 0 radical (unpaired) electrons. The molecule has 5 heteroatoms. The van der Waals surface area contributed by atoms with Gasteiger partial charge in [-0.25, -0.2) is 4.79 Å². The summed E-state index contributed by atoms with van der Waals surface area (Å²) in [5.41, 5.74) is 0.869. The third kappa shape index (κ3) is 4.28. The van der Waals surface area contributed by atoms with Gasteiger partial charge in [-0.3, -0.25) is 4.90 Å². The number of hydrogen-bond acceptors (Lipinski definition) is 4. The molecule has 2 heterocycles. The lowest BCUT2D eigenvalue weighted by Crippen LogP contribution is -2.60. The van der Waals surface area contributed by atoms with Crippen LogP contribution < -0.4 is 0 Å². The molecule has 1 aromatic carbocycles. The fourth-order valence-electron chi connectivity index (χ4n) is 3.48. The highest BCUT2D eigenvalue weighted by molar-refractivity contribution is 5.68. The number of benzene rings is 1. The van der Waals surface area contributed by atoms with Gasteiger partial charge in [0.15, 0.2) is 0 Å². The van der Waals surface area contributed by atoms with Gasteiger partial charge in [0.1, 0.15) is 5.60 Å². The Morgan fingerprint density at radius 3 is 2.71 bits per heavy atom. The van der Waals surface area contributed by atoms with Crippen LogP contribution in [0.5, 0.6) is 0 Å². The van der Waals surface area contributed by atoms with Crippen LogP contribution in [0.2, 0.25) is 0 Å². The quantitative estimate of drug-likeness (QED) is 0.835. The van der Waals surface area contributed by atoms with Crippen LogP contribution in [0.1, 0.15) is 32.8 Å². The van der Waals surface area contributed by atoms with E-state index >= 15 is 0 Å². The van der Waals surface area contributed by atoms with Gasteiger partial charge >= 0.3 is 6.09 Å². The monoisotopic (exact) mass is 332 g/mol. The Morgan fingerprint density at radius 2 is 2.00 bits per heavy atom. The summed E-state index contributed by atoms with van der Waals surface area (Å²) in [6.07, 6.45) is 0.768. The second-order valence-electron chi connectivity index (χ2n) is 7.65. The van der Waals surface area contributed by atoms with Crippen molar-refractivity contribution in [1.29, 1.82) is 0 Å². The first-order valence-electron chi connectivity index (χ1n) is 8.80. The van der Waals surface area contributed by atoms with Crippen molar-refractivity contribution in [3.05, 3.63) is 35.9 Å². The number of nitrogens with zero attached hydrogens (tertiary/aromatic N) is 2. The van der Waals surface area contributed by atoms with Crippen LogP contribution in [0.4, 0.5) is 4.79 Å². The third-order valence-corrected chi connectivity index (χ3v) is 4.58. The molecule has 24 heavy (non-hydrogen) atoms. The molecule has 0 aromatic heterocycles. The summed E-state index contributed by atoms with van der Waals surface area (Å²) >= 11 is 0. The lowest BCUT2D eigenvalue weighted by atomic mass is 9.98. The van der Waals surface area contributed by atoms with Gasteiger partial charge in [0.05, 0.1) is 19.3 Å². The minimum atomic E-state index is -0.458. The molecule has 1 amide bonds. The van der Waals surface area contributed by atoms with Crippen LogP contribution >= 0.6 is 0 Å². The number of amides is 1. The number of rotatable bonds is 2. The Balaban J connectivity index is 1.60. The van der Waals surface area contributed by atoms with Gasteiger partial charge in [0.2, 0.25) is 0 Å². The Hall–Kier alpha value is -1.59. The van der Waals surface area contributed by atoms with Crippen molar-refractivity contribution in [2.24, 2.45) is 0 Å². The van der Waals surface area contributed by atoms with E-state index in [9.17, 15) is 4.79 Å². The van der Waals surface area contributed by atoms with Crippen molar-refractivity contribution in [2.75, 3.05) is 26.2 Å². The van der Waals surface area contributed by atoms with E-state index < -0.39 is 5.60 Å². The minimum absolute atomic E-state index is 0.0729. The Kier molecular flexibility index (Phi) is 5.11. The molecule has 5 nitrogen and oxygen atoms in total. The Morgan fingerprint density at radius 1 is 1.25 bits per heavy atom. The first kappa shape index (κ1) is 17.2. The lowest BCUT2D eigenvalue weighted by molar-refractivity contribution is -0.107. The van der Waals surface area contributed by atoms with Crippen LogP contribution in [0.25, 0.3) is 0 Å². The fraction of sp³-hybridized carbons (Fsp3) is 0.632. The highest BCUT2D eigenvalue weighted by atomic mass is 16.6. The predicted octanol–water partition coefficient (Wildman–Crippen LogP) is 2.90. The van der Waals surface area contributed by atoms with E-state index in [1.54, 1.807) is 4.90 Å². The largest absolute Gasteiger partial charge is 0.444 e. The zero-order chi connectivity index (χ0) is 17.2. The van der Waals surface area contributed by atoms with Gasteiger partial charge in [-0.15, -0.1) is 0 Å². The highest BCUT2D eigenvalue weighted by Gasteiger charge is 2.39. The maximum atomic E-state index is 12.3. The molecule has 2 aliphatic rings. The van der Waals surface area contributed by atoms with Gasteiger partial charge in [-0.2, -0.15) is 0 Å². The molecule has 2 atom stereocenters. The van der Waals surface area contributed by atoms with E-state index in [0.29, 0.717) is 12.6 Å². The van der Waals surface area contributed by atoms with Crippen LogP contribution in [0, 0.1) is 0 Å². The Bertz CT molecular complexity index is 555. The average Bonchev–Trinajstić information content (AvgIpc) is 2.54. The van der Waals surface area contributed by atoms with Crippen molar-refractivity contribution >= 4 is 6.09 Å². The molecule has 0 bridgehead atoms. The summed E-state index contributed by atoms with van der Waals surface area (Å²) in [6, 6.07) is 10.9. The number of piperidine rings is 1. The number of carbonyl (C=O) groups excluding carboxylic acids is 1. The van der Waals surface area contributed by atoms with Crippen LogP contribution in [-0.2, 0) is 16.0 Å². The zero-order valence-corrected chi connectivity index (χ0v) is 14.9. The molecule has 0 unspecified atom stereocenters. The van der Waals surface area contributed by atoms with Crippen molar-refractivity contribution in [2.45, 2.75) is 51.5 Å². The van der Waals surface area contributed by atoms with Gasteiger partial charge in [-0.05, 0) is 32.8 Å².